The normalized spacial score (nSPS) is 25.4. The molecule has 1 aliphatic rings. The van der Waals surface area contributed by atoms with E-state index in [4.69, 9.17) is 10.5 Å². The third-order valence-electron chi connectivity index (χ3n) is 4.28. The maximum Gasteiger partial charge on any atom is 0.258 e. The third-order valence-corrected chi connectivity index (χ3v) is 4.28. The third kappa shape index (κ3) is 3.35. The molecule has 5 heteroatoms. The van der Waals surface area contributed by atoms with Gasteiger partial charge in [0.25, 0.3) is 5.91 Å². The summed E-state index contributed by atoms with van der Waals surface area (Å²) in [6.07, 6.45) is 3.82. The summed E-state index contributed by atoms with van der Waals surface area (Å²) < 4.78 is 19.1. The minimum absolute atomic E-state index is 0.0500. The quantitative estimate of drug-likeness (QED) is 0.896. The number of methoxy groups -OCH3 is 1. The first-order valence-electron chi connectivity index (χ1n) is 7.36. The molecule has 1 saturated carbocycles. The molecular weight excluding hydrogens is 271 g/mol. The Hall–Kier alpha value is -1.62. The lowest BCUT2D eigenvalue weighted by Crippen LogP contribution is -2.56. The number of nitrogens with two attached hydrogens (primary N) is 1. The van der Waals surface area contributed by atoms with Gasteiger partial charge < -0.3 is 15.8 Å². The number of carbonyl (C=O) groups is 1. The molecule has 21 heavy (non-hydrogen) atoms. The highest BCUT2D eigenvalue weighted by Gasteiger charge is 2.36. The van der Waals surface area contributed by atoms with Gasteiger partial charge in [0.15, 0.2) is 0 Å². The Morgan fingerprint density at radius 1 is 1.57 bits per heavy atom. The van der Waals surface area contributed by atoms with Gasteiger partial charge in [0.1, 0.15) is 17.1 Å². The minimum Gasteiger partial charge on any atom is -0.496 e. The van der Waals surface area contributed by atoms with E-state index in [0.717, 1.165) is 25.7 Å². The molecule has 0 radical (unpaired) electrons. The Bertz CT molecular complexity index is 521. The molecule has 0 bridgehead atoms. The van der Waals surface area contributed by atoms with Crippen molar-refractivity contribution in [1.82, 2.24) is 5.32 Å². The van der Waals surface area contributed by atoms with Crippen LogP contribution < -0.4 is 15.8 Å². The second-order valence-electron chi connectivity index (χ2n) is 5.96. The predicted molar refractivity (Wildman–Crippen MR) is 79.8 cm³/mol. The Morgan fingerprint density at radius 2 is 2.33 bits per heavy atom. The van der Waals surface area contributed by atoms with Crippen molar-refractivity contribution in [2.75, 3.05) is 13.7 Å². The van der Waals surface area contributed by atoms with Crippen LogP contribution in [-0.4, -0.2) is 25.1 Å². The Labute approximate surface area is 124 Å². The molecule has 0 spiro atoms. The van der Waals surface area contributed by atoms with Crippen molar-refractivity contribution in [1.29, 1.82) is 0 Å². The van der Waals surface area contributed by atoms with Crippen molar-refractivity contribution in [3.63, 3.8) is 0 Å². The Morgan fingerprint density at radius 3 is 2.95 bits per heavy atom. The van der Waals surface area contributed by atoms with Crippen molar-refractivity contribution >= 4 is 5.91 Å². The molecule has 0 aromatic heterocycles. The lowest BCUT2D eigenvalue weighted by Gasteiger charge is -2.40. The van der Waals surface area contributed by atoms with E-state index in [1.807, 2.05) is 0 Å². The highest BCUT2D eigenvalue weighted by atomic mass is 19.1. The van der Waals surface area contributed by atoms with E-state index in [9.17, 15) is 9.18 Å². The van der Waals surface area contributed by atoms with Gasteiger partial charge in [-0.25, -0.2) is 4.39 Å². The number of hydrogen-bond donors (Lipinski definition) is 2. The topological polar surface area (TPSA) is 64.3 Å². The van der Waals surface area contributed by atoms with Gasteiger partial charge in [-0.05, 0) is 30.9 Å². The maximum atomic E-state index is 14.0. The molecule has 1 aromatic rings. The van der Waals surface area contributed by atoms with E-state index < -0.39 is 17.3 Å². The summed E-state index contributed by atoms with van der Waals surface area (Å²) in [5.74, 6) is -0.291. The molecule has 1 amide bonds. The number of carbonyl (C=O) groups excluding carboxylic acids is 1. The number of benzene rings is 1. The van der Waals surface area contributed by atoms with Crippen LogP contribution in [0.25, 0.3) is 0 Å². The zero-order valence-corrected chi connectivity index (χ0v) is 12.6. The number of rotatable bonds is 4. The number of ether oxygens (including phenoxy) is 1. The summed E-state index contributed by atoms with van der Waals surface area (Å²) in [7, 11) is 1.42. The second kappa shape index (κ2) is 6.43. The van der Waals surface area contributed by atoms with E-state index in [0.29, 0.717) is 12.5 Å². The molecule has 2 rings (SSSR count). The van der Waals surface area contributed by atoms with Crippen molar-refractivity contribution < 1.29 is 13.9 Å². The Kier molecular flexibility index (Phi) is 4.83. The molecule has 1 aromatic carbocycles. The van der Waals surface area contributed by atoms with Gasteiger partial charge in [-0.3, -0.25) is 4.79 Å². The van der Waals surface area contributed by atoms with Crippen LogP contribution in [0.4, 0.5) is 4.39 Å². The van der Waals surface area contributed by atoms with Gasteiger partial charge in [-0.15, -0.1) is 0 Å². The lowest BCUT2D eigenvalue weighted by molar-refractivity contribution is 0.0846. The zero-order chi connectivity index (χ0) is 15.5. The smallest absolute Gasteiger partial charge is 0.258 e. The van der Waals surface area contributed by atoms with Crippen LogP contribution >= 0.6 is 0 Å². The molecule has 116 valence electrons. The first-order valence-corrected chi connectivity index (χ1v) is 7.36. The molecule has 2 unspecified atom stereocenters. The standard InChI is InChI=1S/C16H23FN2O2/c1-11-5-4-8-16(9-11,10-18)19-15(20)14-12(17)6-3-7-13(14)21-2/h3,6-7,11H,4-5,8-10,18H2,1-2H3,(H,19,20). The lowest BCUT2D eigenvalue weighted by atomic mass is 9.76. The van der Waals surface area contributed by atoms with Crippen LogP contribution in [0.1, 0.15) is 43.0 Å². The molecule has 2 atom stereocenters. The molecule has 4 nitrogen and oxygen atoms in total. The fraction of sp³-hybridized carbons (Fsp3) is 0.562. The molecule has 0 saturated heterocycles. The minimum atomic E-state index is -0.581. The van der Waals surface area contributed by atoms with Crippen LogP contribution in [0, 0.1) is 11.7 Å². The van der Waals surface area contributed by atoms with Crippen molar-refractivity contribution in [3.05, 3.63) is 29.6 Å². The predicted octanol–water partition coefficient (Wildman–Crippen LogP) is 2.47. The van der Waals surface area contributed by atoms with E-state index in [1.54, 1.807) is 6.07 Å². The number of amides is 1. The summed E-state index contributed by atoms with van der Waals surface area (Å²) in [6, 6.07) is 4.36. The van der Waals surface area contributed by atoms with Gasteiger partial charge in [-0.2, -0.15) is 0 Å². The molecule has 1 aliphatic carbocycles. The van der Waals surface area contributed by atoms with Crippen molar-refractivity contribution in [3.8, 4) is 5.75 Å². The van der Waals surface area contributed by atoms with Crippen LogP contribution in [0.2, 0.25) is 0 Å². The van der Waals surface area contributed by atoms with Crippen molar-refractivity contribution in [2.24, 2.45) is 11.7 Å². The highest BCUT2D eigenvalue weighted by molar-refractivity contribution is 5.97. The fourth-order valence-electron chi connectivity index (χ4n) is 3.21. The zero-order valence-electron chi connectivity index (χ0n) is 12.6. The van der Waals surface area contributed by atoms with Gasteiger partial charge in [0, 0.05) is 6.54 Å². The largest absolute Gasteiger partial charge is 0.496 e. The van der Waals surface area contributed by atoms with Crippen LogP contribution in [0.3, 0.4) is 0 Å². The number of halogens is 1. The molecule has 0 aliphatic heterocycles. The van der Waals surface area contributed by atoms with Crippen LogP contribution in [-0.2, 0) is 0 Å². The van der Waals surface area contributed by atoms with E-state index in [2.05, 4.69) is 12.2 Å². The Balaban J connectivity index is 2.24. The number of nitrogens with one attached hydrogen (secondary N) is 1. The number of hydrogen-bond acceptors (Lipinski definition) is 3. The first-order chi connectivity index (χ1) is 10.0. The van der Waals surface area contributed by atoms with Gasteiger partial charge in [0.2, 0.25) is 0 Å². The second-order valence-corrected chi connectivity index (χ2v) is 5.96. The SMILES string of the molecule is COc1cccc(F)c1C(=O)NC1(CN)CCCC(C)C1. The van der Waals surface area contributed by atoms with Crippen LogP contribution in [0.5, 0.6) is 5.75 Å². The van der Waals surface area contributed by atoms with E-state index in [1.165, 1.54) is 19.2 Å². The maximum absolute atomic E-state index is 14.0. The summed E-state index contributed by atoms with van der Waals surface area (Å²) in [5, 5.41) is 2.96. The van der Waals surface area contributed by atoms with Gasteiger partial charge in [-0.1, -0.05) is 25.8 Å². The molecular formula is C16H23FN2O2. The molecule has 3 N–H and O–H groups in total. The van der Waals surface area contributed by atoms with Gasteiger partial charge in [0.05, 0.1) is 12.6 Å². The highest BCUT2D eigenvalue weighted by Crippen LogP contribution is 2.32. The first kappa shape index (κ1) is 15.8. The summed E-state index contributed by atoms with van der Waals surface area (Å²) in [5.41, 5.74) is 5.40. The van der Waals surface area contributed by atoms with Gasteiger partial charge >= 0.3 is 0 Å². The van der Waals surface area contributed by atoms with Crippen LogP contribution in [0.15, 0.2) is 18.2 Å². The monoisotopic (exact) mass is 294 g/mol. The average molecular weight is 294 g/mol. The van der Waals surface area contributed by atoms with E-state index >= 15 is 0 Å². The van der Waals surface area contributed by atoms with Crippen molar-refractivity contribution in [2.45, 2.75) is 38.1 Å². The summed E-state index contributed by atoms with van der Waals surface area (Å²) in [6.45, 7) is 2.51. The summed E-state index contributed by atoms with van der Waals surface area (Å²) >= 11 is 0. The average Bonchev–Trinajstić information content (AvgIpc) is 2.46. The molecule has 1 fully saturated rings. The molecule has 0 heterocycles. The van der Waals surface area contributed by atoms with E-state index in [-0.39, 0.29) is 11.3 Å². The summed E-state index contributed by atoms with van der Waals surface area (Å²) in [4.78, 5) is 12.5. The fourth-order valence-corrected chi connectivity index (χ4v) is 3.21.